The molecule has 0 saturated heterocycles. The molecule has 0 spiro atoms. The van der Waals surface area contributed by atoms with Crippen molar-refractivity contribution in [2.75, 3.05) is 5.32 Å². The number of benzene rings is 3. The molecule has 6 nitrogen and oxygen atoms in total. The standard InChI is InChI=1S/C24H19ClFN3O3/c25-17-10-11-20(19(26)14-17)27-22(30)15-29-21-9-5-4-8-18(21)23(31)28(24(29)32)13-12-16-6-2-1-3-7-16/h1-11,14H,12-13,15H2,(H,27,30). The Morgan fingerprint density at radius 3 is 2.41 bits per heavy atom. The highest BCUT2D eigenvalue weighted by molar-refractivity contribution is 6.30. The molecular formula is C24H19ClFN3O3. The smallest absolute Gasteiger partial charge is 0.322 e. The second-order valence-corrected chi connectivity index (χ2v) is 7.69. The molecule has 0 fully saturated rings. The number of aryl methyl sites for hydroxylation is 1. The summed E-state index contributed by atoms with van der Waals surface area (Å²) in [6.45, 7) is -0.215. The van der Waals surface area contributed by atoms with Crippen LogP contribution in [-0.2, 0) is 24.3 Å². The lowest BCUT2D eigenvalue weighted by Crippen LogP contribution is -2.42. The van der Waals surface area contributed by atoms with Gasteiger partial charge in [0.15, 0.2) is 0 Å². The first kappa shape index (κ1) is 21.5. The Morgan fingerprint density at radius 2 is 1.66 bits per heavy atom. The zero-order chi connectivity index (χ0) is 22.7. The number of halogens is 2. The molecular weight excluding hydrogens is 433 g/mol. The third-order valence-corrected chi connectivity index (χ3v) is 5.34. The number of hydrogen-bond acceptors (Lipinski definition) is 3. The van der Waals surface area contributed by atoms with Gasteiger partial charge in [0.1, 0.15) is 12.4 Å². The van der Waals surface area contributed by atoms with Gasteiger partial charge in [0, 0.05) is 11.6 Å². The fourth-order valence-corrected chi connectivity index (χ4v) is 3.69. The Morgan fingerprint density at radius 1 is 0.938 bits per heavy atom. The van der Waals surface area contributed by atoms with Crippen molar-refractivity contribution in [2.45, 2.75) is 19.5 Å². The molecule has 0 aliphatic carbocycles. The SMILES string of the molecule is O=C(Cn1c(=O)n(CCc2ccccc2)c(=O)c2ccccc21)Nc1ccc(Cl)cc1F. The average Bonchev–Trinajstić information content (AvgIpc) is 2.79. The van der Waals surface area contributed by atoms with Crippen molar-refractivity contribution in [2.24, 2.45) is 0 Å². The van der Waals surface area contributed by atoms with Crippen LogP contribution >= 0.6 is 11.6 Å². The van der Waals surface area contributed by atoms with Crippen molar-refractivity contribution in [1.82, 2.24) is 9.13 Å². The fourth-order valence-electron chi connectivity index (χ4n) is 3.53. The van der Waals surface area contributed by atoms with Crippen molar-refractivity contribution in [1.29, 1.82) is 0 Å². The van der Waals surface area contributed by atoms with Crippen LogP contribution in [-0.4, -0.2) is 15.0 Å². The van der Waals surface area contributed by atoms with Gasteiger partial charge in [0.05, 0.1) is 16.6 Å². The van der Waals surface area contributed by atoms with E-state index in [0.717, 1.165) is 16.2 Å². The van der Waals surface area contributed by atoms with Crippen LogP contribution in [0.2, 0.25) is 5.02 Å². The normalized spacial score (nSPS) is 10.9. The van der Waals surface area contributed by atoms with E-state index in [1.165, 1.54) is 16.7 Å². The van der Waals surface area contributed by atoms with Crippen LogP contribution < -0.4 is 16.6 Å². The van der Waals surface area contributed by atoms with Gasteiger partial charge in [-0.25, -0.2) is 9.18 Å². The fraction of sp³-hybridized carbons (Fsp3) is 0.125. The molecule has 1 amide bonds. The van der Waals surface area contributed by atoms with Crippen molar-refractivity contribution in [3.8, 4) is 0 Å². The lowest BCUT2D eigenvalue weighted by Gasteiger charge is -2.14. The van der Waals surface area contributed by atoms with Gasteiger partial charge in [0.25, 0.3) is 5.56 Å². The van der Waals surface area contributed by atoms with Gasteiger partial charge in [-0.3, -0.25) is 18.7 Å². The van der Waals surface area contributed by atoms with Crippen LogP contribution in [0, 0.1) is 5.82 Å². The molecule has 32 heavy (non-hydrogen) atoms. The van der Waals surface area contributed by atoms with E-state index in [4.69, 9.17) is 11.6 Å². The zero-order valence-corrected chi connectivity index (χ0v) is 17.7. The summed E-state index contributed by atoms with van der Waals surface area (Å²) in [5, 5.41) is 2.98. The predicted molar refractivity (Wildman–Crippen MR) is 123 cm³/mol. The summed E-state index contributed by atoms with van der Waals surface area (Å²) in [5.41, 5.74) is 0.257. The van der Waals surface area contributed by atoms with Gasteiger partial charge in [-0.1, -0.05) is 54.1 Å². The quantitative estimate of drug-likeness (QED) is 0.484. The molecule has 4 rings (SSSR count). The predicted octanol–water partition coefficient (Wildman–Crippen LogP) is 3.84. The second kappa shape index (κ2) is 9.20. The molecule has 4 aromatic rings. The molecule has 1 heterocycles. The number of carbonyl (C=O) groups excluding carboxylic acids is 1. The number of rotatable bonds is 6. The first-order valence-electron chi connectivity index (χ1n) is 9.95. The first-order chi connectivity index (χ1) is 15.4. The Labute approximate surface area is 187 Å². The van der Waals surface area contributed by atoms with Crippen LogP contribution in [0.4, 0.5) is 10.1 Å². The summed E-state index contributed by atoms with van der Waals surface area (Å²) in [7, 11) is 0. The summed E-state index contributed by atoms with van der Waals surface area (Å²) in [6.07, 6.45) is 0.483. The second-order valence-electron chi connectivity index (χ2n) is 7.25. The molecule has 0 bridgehead atoms. The largest absolute Gasteiger partial charge is 0.331 e. The number of aromatic nitrogens is 2. The zero-order valence-electron chi connectivity index (χ0n) is 16.9. The molecule has 1 aromatic heterocycles. The van der Waals surface area contributed by atoms with Gasteiger partial charge < -0.3 is 5.32 Å². The van der Waals surface area contributed by atoms with E-state index in [2.05, 4.69) is 5.32 Å². The maximum atomic E-state index is 14.0. The topological polar surface area (TPSA) is 73.1 Å². The average molecular weight is 452 g/mol. The number of carbonyl (C=O) groups is 1. The molecule has 1 N–H and O–H groups in total. The minimum absolute atomic E-state index is 0.0471. The molecule has 0 radical (unpaired) electrons. The highest BCUT2D eigenvalue weighted by Gasteiger charge is 2.16. The minimum atomic E-state index is -0.684. The van der Waals surface area contributed by atoms with Gasteiger partial charge in [0.2, 0.25) is 5.91 Å². The third-order valence-electron chi connectivity index (χ3n) is 5.11. The van der Waals surface area contributed by atoms with Gasteiger partial charge in [-0.05, 0) is 42.3 Å². The van der Waals surface area contributed by atoms with Crippen molar-refractivity contribution >= 4 is 34.1 Å². The molecule has 0 aliphatic heterocycles. The van der Waals surface area contributed by atoms with Crippen LogP contribution in [0.1, 0.15) is 5.56 Å². The van der Waals surface area contributed by atoms with Crippen molar-refractivity contribution in [3.63, 3.8) is 0 Å². The highest BCUT2D eigenvalue weighted by atomic mass is 35.5. The molecule has 0 aliphatic rings. The van der Waals surface area contributed by atoms with E-state index in [0.29, 0.717) is 17.3 Å². The third kappa shape index (κ3) is 4.48. The number of fused-ring (bicyclic) bond motifs is 1. The number of amides is 1. The summed E-state index contributed by atoms with van der Waals surface area (Å²) in [4.78, 5) is 38.8. The highest BCUT2D eigenvalue weighted by Crippen LogP contribution is 2.19. The van der Waals surface area contributed by atoms with E-state index in [1.54, 1.807) is 24.3 Å². The van der Waals surface area contributed by atoms with Crippen molar-refractivity contribution < 1.29 is 9.18 Å². The van der Waals surface area contributed by atoms with Gasteiger partial charge in [-0.2, -0.15) is 0 Å². The maximum absolute atomic E-state index is 14.0. The molecule has 8 heteroatoms. The Bertz CT molecular complexity index is 1410. The van der Waals surface area contributed by atoms with Crippen LogP contribution in [0.15, 0.2) is 82.4 Å². The first-order valence-corrected chi connectivity index (χ1v) is 10.3. The van der Waals surface area contributed by atoms with Crippen molar-refractivity contribution in [3.05, 3.63) is 110 Å². The molecule has 3 aromatic carbocycles. The van der Waals surface area contributed by atoms with Crippen LogP contribution in [0.5, 0.6) is 0 Å². The Kier molecular flexibility index (Phi) is 6.18. The number of nitrogens with zero attached hydrogens (tertiary/aromatic N) is 2. The summed E-state index contributed by atoms with van der Waals surface area (Å²) in [5.74, 6) is -1.29. The number of hydrogen-bond donors (Lipinski definition) is 1. The Hall–Kier alpha value is -3.71. The van der Waals surface area contributed by atoms with Crippen LogP contribution in [0.3, 0.4) is 0 Å². The van der Waals surface area contributed by atoms with Gasteiger partial charge >= 0.3 is 5.69 Å². The monoisotopic (exact) mass is 451 g/mol. The number of para-hydroxylation sites is 1. The van der Waals surface area contributed by atoms with E-state index in [-0.39, 0.29) is 23.8 Å². The molecule has 0 saturated carbocycles. The number of nitrogens with one attached hydrogen (secondary N) is 1. The lowest BCUT2D eigenvalue weighted by molar-refractivity contribution is -0.116. The Balaban J connectivity index is 1.69. The summed E-state index contributed by atoms with van der Waals surface area (Å²) >= 11 is 5.75. The molecule has 0 unspecified atom stereocenters. The lowest BCUT2D eigenvalue weighted by atomic mass is 10.1. The molecule has 162 valence electrons. The van der Waals surface area contributed by atoms with Gasteiger partial charge in [-0.15, -0.1) is 0 Å². The van der Waals surface area contributed by atoms with Crippen LogP contribution in [0.25, 0.3) is 10.9 Å². The summed E-state index contributed by atoms with van der Waals surface area (Å²) < 4.78 is 16.4. The number of anilines is 1. The van der Waals surface area contributed by atoms with E-state index >= 15 is 0 Å². The van der Waals surface area contributed by atoms with E-state index < -0.39 is 23.0 Å². The minimum Gasteiger partial charge on any atom is -0.322 e. The van der Waals surface area contributed by atoms with E-state index in [9.17, 15) is 18.8 Å². The maximum Gasteiger partial charge on any atom is 0.331 e. The molecule has 0 atom stereocenters. The summed E-state index contributed by atoms with van der Waals surface area (Å²) in [6, 6.07) is 20.0. The van der Waals surface area contributed by atoms with E-state index in [1.807, 2.05) is 30.3 Å².